The lowest BCUT2D eigenvalue weighted by molar-refractivity contribution is -0.136. The van der Waals surface area contributed by atoms with Gasteiger partial charge >= 0.3 is 5.97 Å². The molecule has 0 amide bonds. The molecule has 17 heavy (non-hydrogen) atoms. The van der Waals surface area contributed by atoms with Gasteiger partial charge in [-0.25, -0.2) is 0 Å². The lowest BCUT2D eigenvalue weighted by Crippen LogP contribution is -2.31. The maximum atomic E-state index is 11.9. The van der Waals surface area contributed by atoms with Gasteiger partial charge in [-0.05, 0) is 30.7 Å². The summed E-state index contributed by atoms with van der Waals surface area (Å²) < 4.78 is 5.34. The molecular weight excluding hydrogens is 234 g/mol. The van der Waals surface area contributed by atoms with Gasteiger partial charge in [0.2, 0.25) is 8.32 Å². The van der Waals surface area contributed by atoms with Crippen molar-refractivity contribution in [1.82, 2.24) is 0 Å². The van der Waals surface area contributed by atoms with E-state index in [1.165, 1.54) is 0 Å². The number of hydrogen-bond donors (Lipinski definition) is 0. The molecule has 0 saturated carbocycles. The predicted molar refractivity (Wildman–Crippen MR) is 67.8 cm³/mol. The zero-order chi connectivity index (χ0) is 12.9. The number of hydrogen-bond acceptors (Lipinski definition) is 3. The molecule has 5 nitrogen and oxygen atoms in total. The van der Waals surface area contributed by atoms with Crippen LogP contribution in [0.1, 0.15) is 11.6 Å². The molecule has 0 aliphatic heterocycles. The maximum Gasteiger partial charge on any atom is 0.306 e. The van der Waals surface area contributed by atoms with E-state index in [2.05, 4.69) is 10.0 Å². The van der Waals surface area contributed by atoms with Crippen LogP contribution in [-0.4, -0.2) is 14.3 Å². The summed E-state index contributed by atoms with van der Waals surface area (Å²) in [6.07, 6.45) is 0. The third-order valence-corrected chi connectivity index (χ3v) is 2.73. The van der Waals surface area contributed by atoms with Crippen molar-refractivity contribution in [3.8, 4) is 0 Å². The predicted octanol–water partition coefficient (Wildman–Crippen LogP) is 3.42. The fourth-order valence-corrected chi connectivity index (χ4v) is 2.01. The molecule has 1 atom stereocenters. The van der Waals surface area contributed by atoms with E-state index >= 15 is 0 Å². The van der Waals surface area contributed by atoms with Crippen molar-refractivity contribution >= 4 is 14.3 Å². The van der Waals surface area contributed by atoms with Crippen molar-refractivity contribution in [2.75, 3.05) is 0 Å². The summed E-state index contributed by atoms with van der Waals surface area (Å²) >= 11 is 0. The summed E-state index contributed by atoms with van der Waals surface area (Å²) in [5.74, 6) is -0.479. The highest BCUT2D eigenvalue weighted by atomic mass is 28.4. The van der Waals surface area contributed by atoms with Crippen LogP contribution in [0.2, 0.25) is 19.6 Å². The second-order valence-corrected chi connectivity index (χ2v) is 8.98. The van der Waals surface area contributed by atoms with Gasteiger partial charge in [0.1, 0.15) is 0 Å². The van der Waals surface area contributed by atoms with Gasteiger partial charge in [-0.15, -0.1) is 0 Å². The second kappa shape index (κ2) is 5.52. The van der Waals surface area contributed by atoms with E-state index in [9.17, 15) is 4.79 Å². The van der Waals surface area contributed by atoms with Crippen molar-refractivity contribution in [1.29, 1.82) is 0 Å². The van der Waals surface area contributed by atoms with E-state index in [0.29, 0.717) is 5.56 Å². The van der Waals surface area contributed by atoms with Gasteiger partial charge in [-0.2, -0.15) is 0 Å². The monoisotopic (exact) mass is 249 g/mol. The molecule has 0 aliphatic carbocycles. The molecule has 0 fully saturated rings. The number of nitrogens with zero attached hydrogens (tertiary/aromatic N) is 3. The van der Waals surface area contributed by atoms with Crippen molar-refractivity contribution < 1.29 is 9.22 Å². The molecular formula is C11H15N3O2Si. The third kappa shape index (κ3) is 4.30. The summed E-state index contributed by atoms with van der Waals surface area (Å²) in [5.41, 5.74) is 9.15. The number of benzene rings is 1. The molecule has 0 bridgehead atoms. The Balaban J connectivity index is 2.95. The van der Waals surface area contributed by atoms with Crippen LogP contribution in [0.3, 0.4) is 0 Å². The molecule has 90 valence electrons. The van der Waals surface area contributed by atoms with Crippen molar-refractivity contribution in [2.24, 2.45) is 5.11 Å². The van der Waals surface area contributed by atoms with Crippen molar-refractivity contribution in [2.45, 2.75) is 25.7 Å². The van der Waals surface area contributed by atoms with Crippen LogP contribution in [0.15, 0.2) is 35.4 Å². The standard InChI is InChI=1S/C11H15N3O2Si/c1-17(2,3)16-11(15)10(13-14-12)9-7-5-4-6-8-9/h4-8,10H,1-3H3. The molecule has 0 aliphatic rings. The van der Waals surface area contributed by atoms with Crippen LogP contribution in [-0.2, 0) is 9.22 Å². The minimum atomic E-state index is -1.98. The van der Waals surface area contributed by atoms with Gasteiger partial charge in [0.25, 0.3) is 0 Å². The molecule has 0 N–H and O–H groups in total. The zero-order valence-electron chi connectivity index (χ0n) is 10.1. The molecule has 0 saturated heterocycles. The minimum Gasteiger partial charge on any atom is -0.519 e. The molecule has 6 heteroatoms. The fraction of sp³-hybridized carbons (Fsp3) is 0.364. The number of rotatable bonds is 4. The summed E-state index contributed by atoms with van der Waals surface area (Å²) in [4.78, 5) is 14.6. The number of azide groups is 1. The van der Waals surface area contributed by atoms with Gasteiger partial charge in [0.05, 0.1) is 0 Å². The first-order chi connectivity index (χ1) is 7.94. The van der Waals surface area contributed by atoms with Gasteiger partial charge in [-0.1, -0.05) is 35.4 Å². The van der Waals surface area contributed by atoms with E-state index in [4.69, 9.17) is 9.96 Å². The Morgan fingerprint density at radius 1 is 1.35 bits per heavy atom. The highest BCUT2D eigenvalue weighted by Crippen LogP contribution is 2.21. The first-order valence-electron chi connectivity index (χ1n) is 5.26. The fourth-order valence-electron chi connectivity index (χ4n) is 1.29. The van der Waals surface area contributed by atoms with E-state index in [1.807, 2.05) is 25.7 Å². The molecule has 0 aromatic heterocycles. The van der Waals surface area contributed by atoms with Crippen molar-refractivity contribution in [3.63, 3.8) is 0 Å². The summed E-state index contributed by atoms with van der Waals surface area (Å²) in [6, 6.07) is 8.00. The molecule has 1 aromatic rings. The third-order valence-electron chi connectivity index (χ3n) is 1.91. The topological polar surface area (TPSA) is 75.1 Å². The number of carbonyl (C=O) groups excluding carboxylic acids is 1. The SMILES string of the molecule is C[Si](C)(C)OC(=O)C(N=[N+]=[N-])c1ccccc1. The van der Waals surface area contributed by atoms with Crippen LogP contribution in [0.25, 0.3) is 10.4 Å². The van der Waals surface area contributed by atoms with Crippen molar-refractivity contribution in [3.05, 3.63) is 46.3 Å². The quantitative estimate of drug-likeness (QED) is 0.355. The van der Waals surface area contributed by atoms with Gasteiger partial charge in [-0.3, -0.25) is 4.79 Å². The molecule has 1 rings (SSSR count). The van der Waals surface area contributed by atoms with Crippen LogP contribution >= 0.6 is 0 Å². The van der Waals surface area contributed by atoms with E-state index in [-0.39, 0.29) is 0 Å². The second-order valence-electron chi connectivity index (χ2n) is 4.55. The average Bonchev–Trinajstić information content (AvgIpc) is 2.24. The smallest absolute Gasteiger partial charge is 0.306 e. The minimum absolute atomic E-state index is 0.479. The normalized spacial score (nSPS) is 12.4. The zero-order valence-corrected chi connectivity index (χ0v) is 11.1. The van der Waals surface area contributed by atoms with E-state index in [0.717, 1.165) is 0 Å². The molecule has 1 unspecified atom stereocenters. The maximum absolute atomic E-state index is 11.9. The van der Waals surface area contributed by atoms with Crippen LogP contribution < -0.4 is 0 Å². The highest BCUT2D eigenvalue weighted by molar-refractivity contribution is 6.71. The Hall–Kier alpha value is -1.78. The summed E-state index contributed by atoms with van der Waals surface area (Å²) in [7, 11) is -1.98. The Morgan fingerprint density at radius 3 is 2.41 bits per heavy atom. The number of carbonyl (C=O) groups is 1. The summed E-state index contributed by atoms with van der Waals surface area (Å²) in [6.45, 7) is 5.72. The van der Waals surface area contributed by atoms with Crippen LogP contribution in [0.4, 0.5) is 0 Å². The van der Waals surface area contributed by atoms with E-state index in [1.54, 1.807) is 24.3 Å². The van der Waals surface area contributed by atoms with Gasteiger partial charge < -0.3 is 4.43 Å². The van der Waals surface area contributed by atoms with Gasteiger partial charge in [0.15, 0.2) is 6.04 Å². The lowest BCUT2D eigenvalue weighted by atomic mass is 10.1. The Labute approximate surface area is 101 Å². The Morgan fingerprint density at radius 2 is 1.94 bits per heavy atom. The molecule has 1 aromatic carbocycles. The first-order valence-corrected chi connectivity index (χ1v) is 8.67. The first kappa shape index (κ1) is 13.3. The molecule has 0 spiro atoms. The van der Waals surface area contributed by atoms with Gasteiger partial charge in [0, 0.05) is 4.91 Å². The highest BCUT2D eigenvalue weighted by Gasteiger charge is 2.26. The Bertz CT molecular complexity index is 436. The Kier molecular flexibility index (Phi) is 4.31. The van der Waals surface area contributed by atoms with Crippen LogP contribution in [0, 0.1) is 0 Å². The molecule has 0 radical (unpaired) electrons. The summed E-state index contributed by atoms with van der Waals surface area (Å²) in [5, 5.41) is 3.51. The van der Waals surface area contributed by atoms with E-state index < -0.39 is 20.3 Å². The molecule has 0 heterocycles. The van der Waals surface area contributed by atoms with Crippen LogP contribution in [0.5, 0.6) is 0 Å². The average molecular weight is 249 g/mol. The lowest BCUT2D eigenvalue weighted by Gasteiger charge is -2.20. The largest absolute Gasteiger partial charge is 0.519 e.